The molecule has 2 atom stereocenters. The van der Waals surface area contributed by atoms with Gasteiger partial charge in [-0.3, -0.25) is 9.59 Å². The molecule has 3 N–H and O–H groups in total. The zero-order valence-electron chi connectivity index (χ0n) is 15.0. The van der Waals surface area contributed by atoms with E-state index in [2.05, 4.69) is 5.32 Å². The van der Waals surface area contributed by atoms with Crippen LogP contribution < -0.4 is 11.1 Å². The highest BCUT2D eigenvalue weighted by atomic mass is 16.2. The van der Waals surface area contributed by atoms with Gasteiger partial charge in [-0.05, 0) is 36.6 Å². The Morgan fingerprint density at radius 1 is 1.19 bits per heavy atom. The van der Waals surface area contributed by atoms with E-state index in [0.717, 1.165) is 23.2 Å². The fourth-order valence-corrected chi connectivity index (χ4v) is 3.35. The maximum Gasteiger partial charge on any atom is 0.225 e. The van der Waals surface area contributed by atoms with Gasteiger partial charge >= 0.3 is 0 Å². The van der Waals surface area contributed by atoms with Crippen LogP contribution in [0.2, 0.25) is 0 Å². The molecule has 1 saturated heterocycles. The molecule has 0 radical (unpaired) electrons. The predicted octanol–water partition coefficient (Wildman–Crippen LogP) is 2.54. The number of benzene rings is 2. The summed E-state index contributed by atoms with van der Waals surface area (Å²) in [6.07, 6.45) is 1.03. The highest BCUT2D eigenvalue weighted by Gasteiger charge is 2.36. The average molecular weight is 351 g/mol. The van der Waals surface area contributed by atoms with Gasteiger partial charge in [0, 0.05) is 25.2 Å². The van der Waals surface area contributed by atoms with E-state index in [1.54, 1.807) is 4.90 Å². The van der Waals surface area contributed by atoms with Crippen LogP contribution in [0.3, 0.4) is 0 Å². The average Bonchev–Trinajstić information content (AvgIpc) is 3.05. The van der Waals surface area contributed by atoms with Crippen LogP contribution in [0.5, 0.6) is 0 Å². The Kier molecular flexibility index (Phi) is 5.56. The van der Waals surface area contributed by atoms with Crippen LogP contribution in [0.4, 0.5) is 5.69 Å². The van der Waals surface area contributed by atoms with Crippen LogP contribution in [-0.2, 0) is 16.0 Å². The molecule has 1 fully saturated rings. The van der Waals surface area contributed by atoms with Crippen molar-refractivity contribution in [1.29, 1.82) is 0 Å². The summed E-state index contributed by atoms with van der Waals surface area (Å²) in [7, 11) is 0. The third kappa shape index (κ3) is 4.23. The van der Waals surface area contributed by atoms with E-state index in [0.29, 0.717) is 13.1 Å². The Hall–Kier alpha value is -2.82. The van der Waals surface area contributed by atoms with Crippen molar-refractivity contribution in [3.8, 4) is 0 Å². The summed E-state index contributed by atoms with van der Waals surface area (Å²) in [5.74, 6) is -0.281. The summed E-state index contributed by atoms with van der Waals surface area (Å²) in [4.78, 5) is 26.6. The third-order valence-corrected chi connectivity index (χ3v) is 4.97. The third-order valence-electron chi connectivity index (χ3n) is 4.97. The quantitative estimate of drug-likeness (QED) is 0.785. The van der Waals surface area contributed by atoms with Crippen LogP contribution in [0.1, 0.15) is 30.5 Å². The maximum absolute atomic E-state index is 12.4. The summed E-state index contributed by atoms with van der Waals surface area (Å²) in [5, 5.41) is 2.96. The lowest BCUT2D eigenvalue weighted by molar-refractivity contribution is -0.130. The van der Waals surface area contributed by atoms with Gasteiger partial charge in [0.05, 0.1) is 12.0 Å². The first kappa shape index (κ1) is 18.0. The largest absolute Gasteiger partial charge is 0.399 e. The highest BCUT2D eigenvalue weighted by Crippen LogP contribution is 2.28. The van der Waals surface area contributed by atoms with Gasteiger partial charge in [-0.15, -0.1) is 0 Å². The second-order valence-electron chi connectivity index (χ2n) is 6.82. The topological polar surface area (TPSA) is 75.4 Å². The van der Waals surface area contributed by atoms with E-state index < -0.39 is 0 Å². The lowest BCUT2D eigenvalue weighted by Crippen LogP contribution is -2.34. The maximum atomic E-state index is 12.4. The van der Waals surface area contributed by atoms with Crippen molar-refractivity contribution in [1.82, 2.24) is 10.2 Å². The molecule has 26 heavy (non-hydrogen) atoms. The molecule has 0 bridgehead atoms. The van der Waals surface area contributed by atoms with Crippen molar-refractivity contribution in [3.63, 3.8) is 0 Å². The summed E-state index contributed by atoms with van der Waals surface area (Å²) in [6, 6.07) is 17.5. The van der Waals surface area contributed by atoms with E-state index in [1.165, 1.54) is 0 Å². The number of anilines is 1. The van der Waals surface area contributed by atoms with Crippen molar-refractivity contribution in [3.05, 3.63) is 65.7 Å². The molecule has 2 aromatic rings. The Bertz CT molecular complexity index is 759. The van der Waals surface area contributed by atoms with Crippen molar-refractivity contribution in [2.45, 2.75) is 25.8 Å². The molecule has 0 saturated carbocycles. The Balaban J connectivity index is 1.51. The lowest BCUT2D eigenvalue weighted by atomic mass is 10.1. The number of rotatable bonds is 6. The van der Waals surface area contributed by atoms with Crippen molar-refractivity contribution < 1.29 is 9.59 Å². The molecule has 2 amide bonds. The van der Waals surface area contributed by atoms with Crippen LogP contribution in [0, 0.1) is 5.92 Å². The van der Waals surface area contributed by atoms with Crippen LogP contribution in [0.25, 0.3) is 0 Å². The smallest absolute Gasteiger partial charge is 0.225 e. The zero-order valence-corrected chi connectivity index (χ0v) is 15.0. The summed E-state index contributed by atoms with van der Waals surface area (Å²) in [5.41, 5.74) is 8.62. The number of nitrogens with zero attached hydrogens (tertiary/aromatic N) is 1. The molecule has 136 valence electrons. The molecule has 5 nitrogen and oxygen atoms in total. The number of nitrogens with one attached hydrogen (secondary N) is 1. The van der Waals surface area contributed by atoms with Crippen LogP contribution in [-0.4, -0.2) is 29.8 Å². The molecule has 5 heteroatoms. The lowest BCUT2D eigenvalue weighted by Gasteiger charge is -2.25. The number of hydrogen-bond donors (Lipinski definition) is 2. The number of carbonyl (C=O) groups is 2. The first-order chi connectivity index (χ1) is 12.5. The molecule has 1 heterocycles. The minimum atomic E-state index is -0.278. The van der Waals surface area contributed by atoms with Gasteiger partial charge in [0.25, 0.3) is 0 Å². The Morgan fingerprint density at radius 2 is 1.88 bits per heavy atom. The van der Waals surface area contributed by atoms with Gasteiger partial charge in [0.15, 0.2) is 0 Å². The SMILES string of the molecule is CC(c1ccccc1)N1CC(C(=O)NCCc2ccc(N)cc2)CC1=O. The number of hydrogen-bond acceptors (Lipinski definition) is 3. The Morgan fingerprint density at radius 3 is 2.58 bits per heavy atom. The molecular weight excluding hydrogens is 326 g/mol. The first-order valence-corrected chi connectivity index (χ1v) is 9.01. The van der Waals surface area contributed by atoms with Crippen LogP contribution >= 0.6 is 0 Å². The van der Waals surface area contributed by atoms with Crippen molar-refractivity contribution in [2.75, 3.05) is 18.8 Å². The van der Waals surface area contributed by atoms with Gasteiger partial charge in [-0.1, -0.05) is 42.5 Å². The number of nitrogens with two attached hydrogens (primary N) is 1. The number of amides is 2. The molecule has 1 aliphatic rings. The number of nitrogen functional groups attached to an aromatic ring is 1. The molecule has 3 rings (SSSR count). The van der Waals surface area contributed by atoms with Gasteiger partial charge in [-0.25, -0.2) is 0 Å². The standard InChI is InChI=1S/C21H25N3O2/c1-15(17-5-3-2-4-6-17)24-14-18(13-20(24)25)21(26)23-12-11-16-7-9-19(22)10-8-16/h2-10,15,18H,11-14,22H2,1H3,(H,23,26). The molecule has 0 spiro atoms. The summed E-state index contributed by atoms with van der Waals surface area (Å²) >= 11 is 0. The first-order valence-electron chi connectivity index (χ1n) is 9.01. The summed E-state index contributed by atoms with van der Waals surface area (Å²) < 4.78 is 0. The van der Waals surface area contributed by atoms with E-state index in [-0.39, 0.29) is 30.2 Å². The fraction of sp³-hybridized carbons (Fsp3) is 0.333. The minimum Gasteiger partial charge on any atom is -0.399 e. The number of likely N-dealkylation sites (tertiary alicyclic amines) is 1. The normalized spacial score (nSPS) is 18.0. The van der Waals surface area contributed by atoms with Crippen molar-refractivity contribution in [2.24, 2.45) is 5.92 Å². The monoisotopic (exact) mass is 351 g/mol. The van der Waals surface area contributed by atoms with Gasteiger partial charge in [0.1, 0.15) is 0 Å². The fourth-order valence-electron chi connectivity index (χ4n) is 3.35. The molecule has 1 aliphatic heterocycles. The van der Waals surface area contributed by atoms with E-state index in [1.807, 2.05) is 61.5 Å². The molecule has 0 aromatic heterocycles. The zero-order chi connectivity index (χ0) is 18.5. The van der Waals surface area contributed by atoms with Gasteiger partial charge < -0.3 is 16.0 Å². The van der Waals surface area contributed by atoms with Gasteiger partial charge in [-0.2, -0.15) is 0 Å². The summed E-state index contributed by atoms with van der Waals surface area (Å²) in [6.45, 7) is 3.04. The van der Waals surface area contributed by atoms with Crippen LogP contribution in [0.15, 0.2) is 54.6 Å². The van der Waals surface area contributed by atoms with Crippen molar-refractivity contribution >= 4 is 17.5 Å². The molecule has 2 unspecified atom stereocenters. The van der Waals surface area contributed by atoms with Gasteiger partial charge in [0.2, 0.25) is 11.8 Å². The van der Waals surface area contributed by atoms with E-state index in [9.17, 15) is 9.59 Å². The van der Waals surface area contributed by atoms with E-state index in [4.69, 9.17) is 5.73 Å². The molecule has 0 aliphatic carbocycles. The molecular formula is C21H25N3O2. The second kappa shape index (κ2) is 8.04. The predicted molar refractivity (Wildman–Crippen MR) is 102 cm³/mol. The molecule has 2 aromatic carbocycles. The van der Waals surface area contributed by atoms with E-state index >= 15 is 0 Å². The minimum absolute atomic E-state index is 0.0173. The highest BCUT2D eigenvalue weighted by molar-refractivity contribution is 5.89. The second-order valence-corrected chi connectivity index (χ2v) is 6.82. The Labute approximate surface area is 154 Å². The number of carbonyl (C=O) groups excluding carboxylic acids is 2.